The number of pyridine rings is 1. The lowest BCUT2D eigenvalue weighted by Crippen LogP contribution is -2.24. The first-order valence-electron chi connectivity index (χ1n) is 10.6. The average Bonchev–Trinajstić information content (AvgIpc) is 2.65. The molecule has 0 saturated heterocycles. The van der Waals surface area contributed by atoms with Crippen LogP contribution in [0.25, 0.3) is 10.9 Å². The van der Waals surface area contributed by atoms with E-state index in [4.69, 9.17) is 0 Å². The fourth-order valence-corrected chi connectivity index (χ4v) is 3.47. The van der Waals surface area contributed by atoms with Crippen molar-refractivity contribution in [2.75, 3.05) is 20.1 Å². The molecule has 0 fully saturated rings. The first-order valence-corrected chi connectivity index (χ1v) is 10.6. The summed E-state index contributed by atoms with van der Waals surface area (Å²) in [5, 5.41) is 0.797. The van der Waals surface area contributed by atoms with Crippen LogP contribution in [0.4, 0.5) is 13.2 Å². The fourth-order valence-electron chi connectivity index (χ4n) is 3.47. The van der Waals surface area contributed by atoms with Gasteiger partial charge < -0.3 is 4.90 Å². The zero-order valence-electron chi connectivity index (χ0n) is 18.5. The van der Waals surface area contributed by atoms with Crippen molar-refractivity contribution in [3.8, 4) is 0 Å². The van der Waals surface area contributed by atoms with Crippen molar-refractivity contribution in [1.29, 1.82) is 0 Å². The number of hydrogen-bond acceptors (Lipinski definition) is 3. The van der Waals surface area contributed by atoms with E-state index < -0.39 is 11.7 Å². The van der Waals surface area contributed by atoms with Gasteiger partial charge in [0.05, 0.1) is 11.1 Å². The summed E-state index contributed by atoms with van der Waals surface area (Å²) in [6.45, 7) is 7.77. The van der Waals surface area contributed by atoms with Gasteiger partial charge in [0.1, 0.15) is 5.78 Å². The number of carbonyl (C=O) groups excluding carboxylic acids is 1. The summed E-state index contributed by atoms with van der Waals surface area (Å²) in [4.78, 5) is 18.3. The molecule has 30 heavy (non-hydrogen) atoms. The fraction of sp³-hybridized carbons (Fsp3) is 0.583. The molecular weight excluding hydrogens is 389 g/mol. The van der Waals surface area contributed by atoms with Gasteiger partial charge >= 0.3 is 6.18 Å². The van der Waals surface area contributed by atoms with E-state index in [9.17, 15) is 18.0 Å². The van der Waals surface area contributed by atoms with Gasteiger partial charge in [0, 0.05) is 23.4 Å². The Morgan fingerprint density at radius 1 is 1.00 bits per heavy atom. The van der Waals surface area contributed by atoms with E-state index in [0.29, 0.717) is 17.7 Å². The Morgan fingerprint density at radius 3 is 2.37 bits per heavy atom. The maximum absolute atomic E-state index is 12.9. The molecule has 0 amide bonds. The van der Waals surface area contributed by atoms with E-state index in [2.05, 4.69) is 16.9 Å². The SMILES string of the molecule is CN(CCCCCc1ccnc2cc(C(F)(F)F)ccc12)CCCC(=O)C(C)(C)C. The Labute approximate surface area is 177 Å². The minimum absolute atomic E-state index is 0.260. The monoisotopic (exact) mass is 422 g/mol. The summed E-state index contributed by atoms with van der Waals surface area (Å²) in [7, 11) is 2.08. The Bertz CT molecular complexity index is 840. The predicted molar refractivity (Wildman–Crippen MR) is 115 cm³/mol. The maximum atomic E-state index is 12.9. The van der Waals surface area contributed by atoms with Gasteiger partial charge in [-0.2, -0.15) is 13.2 Å². The van der Waals surface area contributed by atoms with Crippen LogP contribution in [0.5, 0.6) is 0 Å². The third-order valence-corrected chi connectivity index (χ3v) is 5.43. The minimum atomic E-state index is -4.35. The lowest BCUT2D eigenvalue weighted by molar-refractivity contribution is -0.137. The van der Waals surface area contributed by atoms with Gasteiger partial charge in [0.15, 0.2) is 0 Å². The Hall–Kier alpha value is -1.95. The van der Waals surface area contributed by atoms with Crippen LogP contribution < -0.4 is 0 Å². The average molecular weight is 423 g/mol. The van der Waals surface area contributed by atoms with Crippen molar-refractivity contribution >= 4 is 16.7 Å². The van der Waals surface area contributed by atoms with Crippen molar-refractivity contribution < 1.29 is 18.0 Å². The zero-order chi connectivity index (χ0) is 22.4. The Balaban J connectivity index is 1.74. The van der Waals surface area contributed by atoms with Crippen LogP contribution in [0.3, 0.4) is 0 Å². The van der Waals surface area contributed by atoms with Crippen LogP contribution in [0, 0.1) is 5.41 Å². The molecule has 2 rings (SSSR count). The number of Topliss-reactive ketones (excluding diaryl/α,β-unsaturated/α-hetero) is 1. The highest BCUT2D eigenvalue weighted by molar-refractivity contribution is 5.83. The lowest BCUT2D eigenvalue weighted by atomic mass is 9.88. The van der Waals surface area contributed by atoms with Gasteiger partial charge in [-0.25, -0.2) is 0 Å². The van der Waals surface area contributed by atoms with Crippen molar-refractivity contribution in [1.82, 2.24) is 9.88 Å². The molecule has 6 heteroatoms. The molecule has 0 aliphatic heterocycles. The number of hydrogen-bond donors (Lipinski definition) is 0. The summed E-state index contributed by atoms with van der Waals surface area (Å²) in [6.07, 6.45) is 2.67. The van der Waals surface area contributed by atoms with Gasteiger partial charge in [-0.15, -0.1) is 0 Å². The zero-order valence-corrected chi connectivity index (χ0v) is 18.5. The van der Waals surface area contributed by atoms with Crippen LogP contribution in [-0.4, -0.2) is 35.8 Å². The number of halogens is 3. The quantitative estimate of drug-likeness (QED) is 0.422. The van der Waals surface area contributed by atoms with Crippen molar-refractivity contribution in [3.05, 3.63) is 41.6 Å². The summed E-state index contributed by atoms with van der Waals surface area (Å²) in [5.74, 6) is 0.308. The summed E-state index contributed by atoms with van der Waals surface area (Å²) >= 11 is 0. The normalized spacial score (nSPS) is 12.7. The number of rotatable bonds is 10. The van der Waals surface area contributed by atoms with Gasteiger partial charge in [0.2, 0.25) is 0 Å². The second-order valence-corrected chi connectivity index (χ2v) is 9.09. The van der Waals surface area contributed by atoms with Gasteiger partial charge in [-0.3, -0.25) is 9.78 Å². The van der Waals surface area contributed by atoms with Crippen molar-refractivity contribution in [3.63, 3.8) is 0 Å². The van der Waals surface area contributed by atoms with Crippen LogP contribution in [-0.2, 0) is 17.4 Å². The van der Waals surface area contributed by atoms with Crippen LogP contribution in [0.1, 0.15) is 64.0 Å². The molecule has 0 bridgehead atoms. The minimum Gasteiger partial charge on any atom is -0.306 e. The third kappa shape index (κ3) is 7.38. The second kappa shape index (κ2) is 10.4. The highest BCUT2D eigenvalue weighted by Gasteiger charge is 2.30. The molecule has 0 spiro atoms. The molecule has 0 aliphatic rings. The van der Waals surface area contributed by atoms with E-state index in [1.165, 1.54) is 6.07 Å². The topological polar surface area (TPSA) is 33.2 Å². The van der Waals surface area contributed by atoms with Gasteiger partial charge in [-0.1, -0.05) is 33.3 Å². The first kappa shape index (κ1) is 24.3. The van der Waals surface area contributed by atoms with Gasteiger partial charge in [-0.05, 0) is 69.6 Å². The standard InChI is InChI=1S/C24H33F3N2O/c1-23(2,3)22(30)10-8-16-29(4)15-7-5-6-9-18-13-14-28-21-17-19(24(25,26)27)11-12-20(18)21/h11-14,17H,5-10,15-16H2,1-4H3. The summed E-state index contributed by atoms with van der Waals surface area (Å²) in [5.41, 5.74) is 0.519. The van der Waals surface area contributed by atoms with Crippen molar-refractivity contribution in [2.45, 2.75) is 65.5 Å². The number of aromatic nitrogens is 1. The molecule has 2 aromatic rings. The third-order valence-electron chi connectivity index (χ3n) is 5.43. The van der Waals surface area contributed by atoms with E-state index >= 15 is 0 Å². The number of alkyl halides is 3. The second-order valence-electron chi connectivity index (χ2n) is 9.09. The summed E-state index contributed by atoms with van der Waals surface area (Å²) < 4.78 is 38.7. The first-order chi connectivity index (χ1) is 14.0. The Morgan fingerprint density at radius 2 is 1.70 bits per heavy atom. The molecule has 1 aromatic heterocycles. The lowest BCUT2D eigenvalue weighted by Gasteiger charge is -2.19. The predicted octanol–water partition coefficient (Wildman–Crippen LogP) is 6.29. The van der Waals surface area contributed by atoms with Crippen LogP contribution >= 0.6 is 0 Å². The molecule has 1 heterocycles. The van der Waals surface area contributed by atoms with Crippen LogP contribution in [0.15, 0.2) is 30.5 Å². The van der Waals surface area contributed by atoms with E-state index in [0.717, 1.165) is 68.3 Å². The molecule has 0 N–H and O–H groups in total. The number of fused-ring (bicyclic) bond motifs is 1. The number of carbonyl (C=O) groups is 1. The highest BCUT2D eigenvalue weighted by atomic mass is 19.4. The highest BCUT2D eigenvalue weighted by Crippen LogP contribution is 2.31. The smallest absolute Gasteiger partial charge is 0.306 e. The number of ketones is 1. The molecule has 0 saturated carbocycles. The molecule has 0 unspecified atom stereocenters. The summed E-state index contributed by atoms with van der Waals surface area (Å²) in [6, 6.07) is 5.69. The number of nitrogens with zero attached hydrogens (tertiary/aromatic N) is 2. The van der Waals surface area contributed by atoms with E-state index in [-0.39, 0.29) is 5.41 Å². The largest absolute Gasteiger partial charge is 0.416 e. The maximum Gasteiger partial charge on any atom is 0.416 e. The molecule has 1 aromatic carbocycles. The molecule has 0 radical (unpaired) electrons. The number of benzene rings is 1. The van der Waals surface area contributed by atoms with E-state index in [1.807, 2.05) is 26.8 Å². The number of unbranched alkanes of at least 4 members (excludes halogenated alkanes) is 2. The Kier molecular flexibility index (Phi) is 8.42. The molecule has 0 atom stereocenters. The van der Waals surface area contributed by atoms with E-state index in [1.54, 1.807) is 6.20 Å². The molecular formula is C24H33F3N2O. The number of aryl methyl sites for hydroxylation is 1. The van der Waals surface area contributed by atoms with Crippen molar-refractivity contribution in [2.24, 2.45) is 5.41 Å². The van der Waals surface area contributed by atoms with Crippen LogP contribution in [0.2, 0.25) is 0 Å². The molecule has 0 aliphatic carbocycles. The molecule has 3 nitrogen and oxygen atoms in total. The molecule has 166 valence electrons. The van der Waals surface area contributed by atoms with Gasteiger partial charge in [0.25, 0.3) is 0 Å².